The summed E-state index contributed by atoms with van der Waals surface area (Å²) in [4.78, 5) is 12.4. The van der Waals surface area contributed by atoms with Crippen LogP contribution >= 0.6 is 0 Å². The fourth-order valence-electron chi connectivity index (χ4n) is 2.32. The second-order valence-electron chi connectivity index (χ2n) is 4.71. The lowest BCUT2D eigenvalue weighted by Gasteiger charge is -2.06. The first kappa shape index (κ1) is 11.9. The van der Waals surface area contributed by atoms with Crippen molar-refractivity contribution >= 4 is 5.78 Å². The number of hydrogen-bond acceptors (Lipinski definition) is 2. The maximum Gasteiger partial charge on any atom is 0.193 e. The van der Waals surface area contributed by atoms with Gasteiger partial charge in [0.2, 0.25) is 0 Å². The number of ketones is 1. The van der Waals surface area contributed by atoms with Crippen LogP contribution in [-0.2, 0) is 6.42 Å². The van der Waals surface area contributed by atoms with E-state index in [4.69, 9.17) is 4.74 Å². The highest BCUT2D eigenvalue weighted by Gasteiger charge is 2.17. The number of rotatable bonds is 2. The Bertz CT molecular complexity index is 662. The Morgan fingerprint density at radius 3 is 2.89 bits per heavy atom. The van der Waals surface area contributed by atoms with E-state index in [1.54, 1.807) is 12.1 Å². The molecule has 0 atom stereocenters. The van der Waals surface area contributed by atoms with Crippen LogP contribution in [0.1, 0.15) is 27.0 Å². The number of carbonyl (C=O) groups is 1. The highest BCUT2D eigenvalue weighted by molar-refractivity contribution is 6.10. The van der Waals surface area contributed by atoms with Crippen LogP contribution in [0.3, 0.4) is 0 Å². The zero-order valence-electron chi connectivity index (χ0n) is 10.6. The molecule has 2 nitrogen and oxygen atoms in total. The molecule has 0 aromatic heterocycles. The molecule has 0 unspecified atom stereocenters. The maximum absolute atomic E-state index is 13.3. The number of aryl methyl sites for hydroxylation is 1. The Hall–Kier alpha value is -2.16. The van der Waals surface area contributed by atoms with E-state index in [9.17, 15) is 9.18 Å². The minimum absolute atomic E-state index is 0.147. The van der Waals surface area contributed by atoms with Gasteiger partial charge in [-0.05, 0) is 48.4 Å². The van der Waals surface area contributed by atoms with Crippen molar-refractivity contribution in [1.82, 2.24) is 0 Å². The van der Waals surface area contributed by atoms with Gasteiger partial charge in [0, 0.05) is 17.5 Å². The van der Waals surface area contributed by atoms with Crippen LogP contribution in [0.5, 0.6) is 5.75 Å². The molecule has 0 radical (unpaired) electrons. The van der Waals surface area contributed by atoms with E-state index in [1.807, 2.05) is 19.1 Å². The summed E-state index contributed by atoms with van der Waals surface area (Å²) in [5, 5.41) is 0. The number of fused-ring (bicyclic) bond motifs is 1. The molecule has 2 aromatic rings. The summed E-state index contributed by atoms with van der Waals surface area (Å²) in [7, 11) is 0. The summed E-state index contributed by atoms with van der Waals surface area (Å²) in [6.45, 7) is 2.47. The van der Waals surface area contributed by atoms with E-state index >= 15 is 0 Å². The summed E-state index contributed by atoms with van der Waals surface area (Å²) >= 11 is 0. The van der Waals surface area contributed by atoms with Crippen molar-refractivity contribution in [2.24, 2.45) is 0 Å². The predicted molar refractivity (Wildman–Crippen MR) is 70.2 cm³/mol. The van der Waals surface area contributed by atoms with Gasteiger partial charge in [-0.15, -0.1) is 0 Å². The van der Waals surface area contributed by atoms with Crippen LogP contribution in [0, 0.1) is 12.7 Å². The molecule has 0 amide bonds. The van der Waals surface area contributed by atoms with Crippen LogP contribution in [0.15, 0.2) is 36.4 Å². The van der Waals surface area contributed by atoms with Crippen molar-refractivity contribution in [1.29, 1.82) is 0 Å². The van der Waals surface area contributed by atoms with Gasteiger partial charge in [-0.3, -0.25) is 4.79 Å². The van der Waals surface area contributed by atoms with Gasteiger partial charge in [-0.25, -0.2) is 4.39 Å². The minimum atomic E-state index is -0.390. The van der Waals surface area contributed by atoms with Crippen molar-refractivity contribution in [3.63, 3.8) is 0 Å². The van der Waals surface area contributed by atoms with Crippen LogP contribution in [0.25, 0.3) is 0 Å². The Labute approximate surface area is 110 Å². The highest BCUT2D eigenvalue weighted by Crippen LogP contribution is 2.27. The third-order valence-corrected chi connectivity index (χ3v) is 3.40. The summed E-state index contributed by atoms with van der Waals surface area (Å²) in [6.07, 6.45) is 0.818. The highest BCUT2D eigenvalue weighted by atomic mass is 19.1. The summed E-state index contributed by atoms with van der Waals surface area (Å²) in [5.74, 6) is 0.303. The van der Waals surface area contributed by atoms with Gasteiger partial charge in [0.25, 0.3) is 0 Å². The van der Waals surface area contributed by atoms with E-state index in [1.165, 1.54) is 12.1 Å². The lowest BCUT2D eigenvalue weighted by atomic mass is 9.97. The van der Waals surface area contributed by atoms with Crippen molar-refractivity contribution in [3.05, 3.63) is 64.5 Å². The monoisotopic (exact) mass is 256 g/mol. The second-order valence-corrected chi connectivity index (χ2v) is 4.71. The van der Waals surface area contributed by atoms with E-state index in [2.05, 4.69) is 0 Å². The van der Waals surface area contributed by atoms with Crippen LogP contribution in [-0.4, -0.2) is 12.4 Å². The van der Waals surface area contributed by atoms with Crippen molar-refractivity contribution in [2.75, 3.05) is 6.61 Å². The molecule has 19 heavy (non-hydrogen) atoms. The van der Waals surface area contributed by atoms with Gasteiger partial charge in [0.05, 0.1) is 6.61 Å². The summed E-state index contributed by atoms with van der Waals surface area (Å²) < 4.78 is 18.7. The topological polar surface area (TPSA) is 26.3 Å². The molecular formula is C16H13FO2. The van der Waals surface area contributed by atoms with Gasteiger partial charge < -0.3 is 4.74 Å². The van der Waals surface area contributed by atoms with E-state index in [0.717, 1.165) is 23.3 Å². The Morgan fingerprint density at radius 1 is 1.21 bits per heavy atom. The van der Waals surface area contributed by atoms with Gasteiger partial charge in [0.1, 0.15) is 11.6 Å². The SMILES string of the molecule is Cc1ccc(F)cc1C(=O)c1ccc2c(c1)CCO2. The third-order valence-electron chi connectivity index (χ3n) is 3.40. The Kier molecular flexibility index (Phi) is 2.82. The van der Waals surface area contributed by atoms with Crippen molar-refractivity contribution < 1.29 is 13.9 Å². The normalized spacial score (nSPS) is 12.9. The first-order chi connectivity index (χ1) is 9.15. The predicted octanol–water partition coefficient (Wildman–Crippen LogP) is 3.30. The van der Waals surface area contributed by atoms with Crippen LogP contribution < -0.4 is 4.74 Å². The molecule has 0 spiro atoms. The lowest BCUT2D eigenvalue weighted by molar-refractivity contribution is 0.103. The van der Waals surface area contributed by atoms with Gasteiger partial charge in [0.15, 0.2) is 5.78 Å². The standard InChI is InChI=1S/C16H13FO2/c1-10-2-4-13(17)9-14(10)16(18)12-3-5-15-11(8-12)6-7-19-15/h2-5,8-9H,6-7H2,1H3. The van der Waals surface area contributed by atoms with Crippen LogP contribution in [0.2, 0.25) is 0 Å². The number of halogens is 1. The first-order valence-corrected chi connectivity index (χ1v) is 6.22. The van der Waals surface area contributed by atoms with E-state index in [-0.39, 0.29) is 5.78 Å². The van der Waals surface area contributed by atoms with Gasteiger partial charge >= 0.3 is 0 Å². The van der Waals surface area contributed by atoms with E-state index < -0.39 is 5.82 Å². The zero-order valence-corrected chi connectivity index (χ0v) is 10.6. The average molecular weight is 256 g/mol. The number of benzene rings is 2. The van der Waals surface area contributed by atoms with Gasteiger partial charge in [-0.1, -0.05) is 6.07 Å². The lowest BCUT2D eigenvalue weighted by Crippen LogP contribution is -2.04. The second kappa shape index (κ2) is 4.50. The van der Waals surface area contributed by atoms with Crippen molar-refractivity contribution in [2.45, 2.75) is 13.3 Å². The smallest absolute Gasteiger partial charge is 0.193 e. The summed E-state index contributed by atoms with van der Waals surface area (Å²) in [5.41, 5.74) is 2.82. The Balaban J connectivity index is 2.02. The fraction of sp³-hybridized carbons (Fsp3) is 0.188. The Morgan fingerprint density at radius 2 is 2.05 bits per heavy atom. The molecule has 3 rings (SSSR count). The molecule has 0 bridgehead atoms. The molecule has 2 aromatic carbocycles. The van der Waals surface area contributed by atoms with Crippen LogP contribution in [0.4, 0.5) is 4.39 Å². The molecule has 0 N–H and O–H groups in total. The number of carbonyl (C=O) groups excluding carboxylic acids is 1. The largest absolute Gasteiger partial charge is 0.493 e. The molecule has 0 aliphatic carbocycles. The molecule has 3 heteroatoms. The first-order valence-electron chi connectivity index (χ1n) is 6.22. The molecule has 1 aliphatic heterocycles. The quantitative estimate of drug-likeness (QED) is 0.771. The number of hydrogen-bond donors (Lipinski definition) is 0. The molecule has 0 fully saturated rings. The number of ether oxygens (including phenoxy) is 1. The molecule has 0 saturated heterocycles. The zero-order chi connectivity index (χ0) is 13.4. The molecular weight excluding hydrogens is 243 g/mol. The van der Waals surface area contributed by atoms with Crippen molar-refractivity contribution in [3.8, 4) is 5.75 Å². The fourth-order valence-corrected chi connectivity index (χ4v) is 2.32. The average Bonchev–Trinajstić information content (AvgIpc) is 2.88. The molecule has 1 heterocycles. The summed E-state index contributed by atoms with van der Waals surface area (Å²) in [6, 6.07) is 9.67. The molecule has 1 aliphatic rings. The van der Waals surface area contributed by atoms with E-state index in [0.29, 0.717) is 17.7 Å². The molecule has 96 valence electrons. The maximum atomic E-state index is 13.3. The molecule has 0 saturated carbocycles. The van der Waals surface area contributed by atoms with Gasteiger partial charge in [-0.2, -0.15) is 0 Å². The third kappa shape index (κ3) is 2.12. The minimum Gasteiger partial charge on any atom is -0.493 e.